The number of hydrogen-bond acceptors (Lipinski definition) is 2. The highest BCUT2D eigenvalue weighted by molar-refractivity contribution is 7.25. The molecule has 0 atom stereocenters. The van der Waals surface area contributed by atoms with Gasteiger partial charge in [0, 0.05) is 31.3 Å². The first-order valence-electron chi connectivity index (χ1n) is 11.3. The summed E-state index contributed by atoms with van der Waals surface area (Å²) in [4.78, 5) is 0. The first-order chi connectivity index (χ1) is 16.4. The fourth-order valence-electron chi connectivity index (χ4n) is 6.07. The number of fused-ring (bicyclic) bond motifs is 12. The van der Waals surface area contributed by atoms with Gasteiger partial charge in [-0.1, -0.05) is 84.9 Å². The van der Waals surface area contributed by atoms with Crippen LogP contribution < -0.4 is 4.74 Å². The Morgan fingerprint density at radius 2 is 1.12 bits per heavy atom. The Kier molecular flexibility index (Phi) is 3.27. The summed E-state index contributed by atoms with van der Waals surface area (Å²) in [6.07, 6.45) is 0. The van der Waals surface area contributed by atoms with Gasteiger partial charge in [-0.25, -0.2) is 0 Å². The number of hydrogen-bond donors (Lipinski definition) is 0. The van der Waals surface area contributed by atoms with E-state index >= 15 is 0 Å². The quantitative estimate of drug-likeness (QED) is 0.230. The standard InChI is InChI=1S/C31H18OS/c1-4-12-23-19(9-1)20-10-2-5-13-24(20)31(23)25-14-6-7-15-27(25)32-28-18-30-22(17-26(28)31)21-11-3-8-16-29(21)33-30/h1-18H. The Morgan fingerprint density at radius 3 is 1.91 bits per heavy atom. The monoisotopic (exact) mass is 438 g/mol. The van der Waals surface area contributed by atoms with Gasteiger partial charge in [0.25, 0.3) is 0 Å². The molecular weight excluding hydrogens is 420 g/mol. The fourth-order valence-corrected chi connectivity index (χ4v) is 7.19. The van der Waals surface area contributed by atoms with Crippen LogP contribution in [0.3, 0.4) is 0 Å². The van der Waals surface area contributed by atoms with E-state index in [-0.39, 0.29) is 0 Å². The van der Waals surface area contributed by atoms with Gasteiger partial charge in [-0.15, -0.1) is 11.3 Å². The van der Waals surface area contributed by atoms with Crippen LogP contribution in [0.5, 0.6) is 11.5 Å². The number of para-hydroxylation sites is 1. The molecule has 0 unspecified atom stereocenters. The van der Waals surface area contributed by atoms with Crippen molar-refractivity contribution in [2.45, 2.75) is 5.41 Å². The maximum atomic E-state index is 6.60. The summed E-state index contributed by atoms with van der Waals surface area (Å²) in [5, 5.41) is 2.62. The number of thiophene rings is 1. The molecule has 1 aliphatic heterocycles. The number of rotatable bonds is 0. The molecule has 2 heteroatoms. The summed E-state index contributed by atoms with van der Waals surface area (Å²) in [6, 6.07) is 39.7. The van der Waals surface area contributed by atoms with Crippen molar-refractivity contribution in [3.05, 3.63) is 131 Å². The summed E-state index contributed by atoms with van der Waals surface area (Å²) < 4.78 is 9.19. The second-order valence-electron chi connectivity index (χ2n) is 8.88. The van der Waals surface area contributed by atoms with Gasteiger partial charge < -0.3 is 4.74 Å². The lowest BCUT2D eigenvalue weighted by molar-refractivity contribution is 0.437. The third-order valence-electron chi connectivity index (χ3n) is 7.35. The van der Waals surface area contributed by atoms with Crippen LogP contribution in [0.15, 0.2) is 109 Å². The molecule has 6 aromatic rings. The van der Waals surface area contributed by atoms with Crippen LogP contribution in [0, 0.1) is 0 Å². The zero-order valence-corrected chi connectivity index (χ0v) is 18.5. The maximum absolute atomic E-state index is 6.60. The topological polar surface area (TPSA) is 9.23 Å². The molecule has 0 fully saturated rings. The van der Waals surface area contributed by atoms with Crippen molar-refractivity contribution in [3.63, 3.8) is 0 Å². The first-order valence-corrected chi connectivity index (χ1v) is 12.1. The van der Waals surface area contributed by atoms with E-state index in [2.05, 4.69) is 109 Å². The molecule has 0 N–H and O–H groups in total. The molecule has 0 radical (unpaired) electrons. The Hall–Kier alpha value is -3.88. The molecule has 1 nitrogen and oxygen atoms in total. The Bertz CT molecular complexity index is 1710. The number of benzene rings is 5. The first kappa shape index (κ1) is 17.6. The van der Waals surface area contributed by atoms with Crippen LogP contribution in [0.4, 0.5) is 0 Å². The van der Waals surface area contributed by atoms with E-state index in [1.165, 1.54) is 53.6 Å². The SMILES string of the molecule is c1ccc2c(c1)Oc1cc3sc4ccccc4c3cc1C21c2ccccc2-c2ccccc21. The fraction of sp³-hybridized carbons (Fsp3) is 0.0323. The minimum Gasteiger partial charge on any atom is -0.457 e. The molecule has 5 aromatic carbocycles. The van der Waals surface area contributed by atoms with Gasteiger partial charge in [-0.05, 0) is 46.5 Å². The van der Waals surface area contributed by atoms with E-state index in [1.807, 2.05) is 11.3 Å². The maximum Gasteiger partial charge on any atom is 0.133 e. The van der Waals surface area contributed by atoms with Gasteiger partial charge in [-0.3, -0.25) is 0 Å². The zero-order chi connectivity index (χ0) is 21.6. The van der Waals surface area contributed by atoms with E-state index < -0.39 is 5.41 Å². The lowest BCUT2D eigenvalue weighted by Gasteiger charge is -2.39. The van der Waals surface area contributed by atoms with Crippen molar-refractivity contribution in [1.82, 2.24) is 0 Å². The molecule has 154 valence electrons. The lowest BCUT2D eigenvalue weighted by Crippen LogP contribution is -2.32. The molecule has 1 spiro atoms. The van der Waals surface area contributed by atoms with E-state index in [0.29, 0.717) is 0 Å². The van der Waals surface area contributed by atoms with E-state index in [1.54, 1.807) is 0 Å². The largest absolute Gasteiger partial charge is 0.457 e. The van der Waals surface area contributed by atoms with Crippen LogP contribution in [-0.2, 0) is 5.41 Å². The van der Waals surface area contributed by atoms with Crippen LogP contribution in [-0.4, -0.2) is 0 Å². The molecule has 2 aliphatic rings. The van der Waals surface area contributed by atoms with Crippen molar-refractivity contribution in [1.29, 1.82) is 0 Å². The minimum absolute atomic E-state index is 0.394. The van der Waals surface area contributed by atoms with Gasteiger partial charge in [-0.2, -0.15) is 0 Å². The van der Waals surface area contributed by atoms with E-state index in [4.69, 9.17) is 4.74 Å². The summed E-state index contributed by atoms with van der Waals surface area (Å²) in [7, 11) is 0. The third kappa shape index (κ3) is 2.08. The van der Waals surface area contributed by atoms with E-state index in [9.17, 15) is 0 Å². The highest BCUT2D eigenvalue weighted by Gasteiger charge is 2.51. The third-order valence-corrected chi connectivity index (χ3v) is 8.48. The van der Waals surface area contributed by atoms with Gasteiger partial charge >= 0.3 is 0 Å². The van der Waals surface area contributed by atoms with Crippen molar-refractivity contribution >= 4 is 31.5 Å². The molecule has 0 amide bonds. The van der Waals surface area contributed by atoms with Crippen LogP contribution in [0.2, 0.25) is 0 Å². The summed E-state index contributed by atoms with van der Waals surface area (Å²) >= 11 is 1.84. The molecular formula is C31H18OS. The second kappa shape index (κ2) is 6.12. The summed E-state index contributed by atoms with van der Waals surface area (Å²) in [6.45, 7) is 0. The van der Waals surface area contributed by atoms with Crippen molar-refractivity contribution in [3.8, 4) is 22.6 Å². The van der Waals surface area contributed by atoms with Crippen LogP contribution in [0.1, 0.15) is 22.3 Å². The van der Waals surface area contributed by atoms with Crippen LogP contribution >= 0.6 is 11.3 Å². The summed E-state index contributed by atoms with van der Waals surface area (Å²) in [5.74, 6) is 1.90. The van der Waals surface area contributed by atoms with Crippen molar-refractivity contribution in [2.24, 2.45) is 0 Å². The van der Waals surface area contributed by atoms with Gasteiger partial charge in [0.2, 0.25) is 0 Å². The molecule has 0 bridgehead atoms. The Labute approximate surface area is 195 Å². The minimum atomic E-state index is -0.394. The Morgan fingerprint density at radius 1 is 0.485 bits per heavy atom. The molecule has 33 heavy (non-hydrogen) atoms. The molecule has 1 aliphatic carbocycles. The molecule has 1 aromatic heterocycles. The van der Waals surface area contributed by atoms with Crippen LogP contribution in [0.25, 0.3) is 31.3 Å². The molecule has 0 saturated heterocycles. The second-order valence-corrected chi connectivity index (χ2v) is 9.97. The predicted octanol–water partition coefficient (Wildman–Crippen LogP) is 8.52. The predicted molar refractivity (Wildman–Crippen MR) is 137 cm³/mol. The number of ether oxygens (including phenoxy) is 1. The molecule has 2 heterocycles. The average Bonchev–Trinajstić information content (AvgIpc) is 3.37. The van der Waals surface area contributed by atoms with Gasteiger partial charge in [0.05, 0.1) is 5.41 Å². The van der Waals surface area contributed by atoms with Gasteiger partial charge in [0.15, 0.2) is 0 Å². The molecule has 8 rings (SSSR count). The van der Waals surface area contributed by atoms with E-state index in [0.717, 1.165) is 11.5 Å². The van der Waals surface area contributed by atoms with Crippen molar-refractivity contribution in [2.75, 3.05) is 0 Å². The molecule has 0 saturated carbocycles. The normalized spacial score (nSPS) is 14.5. The smallest absolute Gasteiger partial charge is 0.133 e. The van der Waals surface area contributed by atoms with Crippen molar-refractivity contribution < 1.29 is 4.74 Å². The summed E-state index contributed by atoms with van der Waals surface area (Å²) in [5.41, 5.74) is 7.35. The lowest BCUT2D eigenvalue weighted by atomic mass is 9.66. The Balaban J connectivity index is 1.60. The average molecular weight is 439 g/mol. The zero-order valence-electron chi connectivity index (χ0n) is 17.7. The van der Waals surface area contributed by atoms with Gasteiger partial charge in [0.1, 0.15) is 11.5 Å². The highest BCUT2D eigenvalue weighted by atomic mass is 32.1. The highest BCUT2D eigenvalue weighted by Crippen LogP contribution is 2.62.